The number of thiophene rings is 1. The number of rotatable bonds is 7. The van der Waals surface area contributed by atoms with E-state index in [4.69, 9.17) is 0 Å². The van der Waals surface area contributed by atoms with Crippen molar-refractivity contribution in [2.45, 2.75) is 25.1 Å². The Morgan fingerprint density at radius 3 is 2.76 bits per heavy atom. The second kappa shape index (κ2) is 6.98. The molecule has 6 heteroatoms. The molecule has 0 spiro atoms. The van der Waals surface area contributed by atoms with Gasteiger partial charge in [-0.15, -0.1) is 11.3 Å². The first-order chi connectivity index (χ1) is 8.03. The third kappa shape index (κ3) is 6.05. The highest BCUT2D eigenvalue weighted by Gasteiger charge is 2.27. The number of hydrogen-bond acceptors (Lipinski definition) is 3. The van der Waals surface area contributed by atoms with Crippen molar-refractivity contribution in [1.29, 1.82) is 0 Å². The maximum Gasteiger partial charge on any atom is 0.411 e. The summed E-state index contributed by atoms with van der Waals surface area (Å²) in [4.78, 5) is 1.20. The number of ether oxygens (including phenoxy) is 1. The monoisotopic (exact) mass is 267 g/mol. The van der Waals surface area contributed by atoms with Gasteiger partial charge in [-0.05, 0) is 31.3 Å². The van der Waals surface area contributed by atoms with Crippen LogP contribution in [0, 0.1) is 0 Å². The Labute approximate surface area is 103 Å². The van der Waals surface area contributed by atoms with E-state index in [2.05, 4.69) is 10.1 Å². The zero-order chi connectivity index (χ0) is 12.7. The lowest BCUT2D eigenvalue weighted by molar-refractivity contribution is -0.174. The third-order valence-corrected chi connectivity index (χ3v) is 3.27. The average molecular weight is 267 g/mol. The van der Waals surface area contributed by atoms with Crippen molar-refractivity contribution in [2.75, 3.05) is 20.3 Å². The molecule has 1 rings (SSSR count). The average Bonchev–Trinajstić information content (AvgIpc) is 2.75. The van der Waals surface area contributed by atoms with Crippen LogP contribution in [0.1, 0.15) is 23.8 Å². The summed E-state index contributed by atoms with van der Waals surface area (Å²) < 4.78 is 39.9. The van der Waals surface area contributed by atoms with E-state index in [1.807, 2.05) is 24.6 Å². The third-order valence-electron chi connectivity index (χ3n) is 2.28. The highest BCUT2D eigenvalue weighted by molar-refractivity contribution is 7.10. The Hall–Kier alpha value is -0.590. The van der Waals surface area contributed by atoms with Gasteiger partial charge in [0.25, 0.3) is 0 Å². The van der Waals surface area contributed by atoms with Crippen LogP contribution >= 0.6 is 11.3 Å². The fourth-order valence-electron chi connectivity index (χ4n) is 1.50. The number of halogens is 3. The lowest BCUT2D eigenvalue weighted by Gasteiger charge is -2.14. The van der Waals surface area contributed by atoms with Crippen molar-refractivity contribution in [3.8, 4) is 0 Å². The molecule has 0 aliphatic heterocycles. The molecule has 0 aliphatic rings. The molecule has 1 atom stereocenters. The predicted molar refractivity (Wildman–Crippen MR) is 62.2 cm³/mol. The van der Waals surface area contributed by atoms with Gasteiger partial charge >= 0.3 is 6.18 Å². The highest BCUT2D eigenvalue weighted by Crippen LogP contribution is 2.23. The van der Waals surface area contributed by atoms with Gasteiger partial charge in [-0.25, -0.2) is 0 Å². The van der Waals surface area contributed by atoms with Crippen LogP contribution in [0.5, 0.6) is 0 Å². The van der Waals surface area contributed by atoms with Crippen molar-refractivity contribution in [1.82, 2.24) is 5.32 Å². The molecule has 1 aromatic rings. The fraction of sp³-hybridized carbons (Fsp3) is 0.636. The quantitative estimate of drug-likeness (QED) is 0.765. The van der Waals surface area contributed by atoms with Crippen LogP contribution in [0.25, 0.3) is 0 Å². The molecule has 1 unspecified atom stereocenters. The molecule has 0 fully saturated rings. The molecule has 0 saturated heterocycles. The molecule has 0 aromatic carbocycles. The van der Waals surface area contributed by atoms with Crippen LogP contribution in [0.2, 0.25) is 0 Å². The normalized spacial score (nSPS) is 13.9. The first-order valence-corrected chi connectivity index (χ1v) is 6.26. The lowest BCUT2D eigenvalue weighted by atomic mass is 10.1. The van der Waals surface area contributed by atoms with Crippen LogP contribution in [0.15, 0.2) is 17.5 Å². The smallest absolute Gasteiger partial charge is 0.372 e. The minimum Gasteiger partial charge on any atom is -0.372 e. The molecular weight excluding hydrogens is 251 g/mol. The van der Waals surface area contributed by atoms with Gasteiger partial charge in [-0.2, -0.15) is 13.2 Å². The first kappa shape index (κ1) is 14.5. The zero-order valence-corrected chi connectivity index (χ0v) is 10.4. The van der Waals surface area contributed by atoms with Gasteiger partial charge in [-0.3, -0.25) is 0 Å². The second-order valence-corrected chi connectivity index (χ2v) is 4.65. The molecule has 0 aliphatic carbocycles. The van der Waals surface area contributed by atoms with E-state index in [0.29, 0.717) is 6.42 Å². The number of hydrogen-bond donors (Lipinski definition) is 1. The van der Waals surface area contributed by atoms with Gasteiger partial charge in [0.1, 0.15) is 6.61 Å². The van der Waals surface area contributed by atoms with E-state index in [9.17, 15) is 13.2 Å². The van der Waals surface area contributed by atoms with Gasteiger partial charge in [0.15, 0.2) is 0 Å². The van der Waals surface area contributed by atoms with E-state index < -0.39 is 12.8 Å². The van der Waals surface area contributed by atoms with Gasteiger partial charge in [0, 0.05) is 17.5 Å². The molecule has 1 heterocycles. The molecule has 98 valence electrons. The maximum atomic E-state index is 11.8. The molecule has 1 N–H and O–H groups in total. The predicted octanol–water partition coefficient (Wildman–Crippen LogP) is 3.37. The van der Waals surface area contributed by atoms with Crippen LogP contribution in [0.4, 0.5) is 13.2 Å². The minimum atomic E-state index is -4.23. The Balaban J connectivity index is 2.17. The molecule has 1 aromatic heterocycles. The largest absolute Gasteiger partial charge is 0.411 e. The maximum absolute atomic E-state index is 11.8. The summed E-state index contributed by atoms with van der Waals surface area (Å²) in [5.74, 6) is 0. The molecule has 2 nitrogen and oxygen atoms in total. The fourth-order valence-corrected chi connectivity index (χ4v) is 2.37. The Morgan fingerprint density at radius 1 is 1.47 bits per heavy atom. The zero-order valence-electron chi connectivity index (χ0n) is 9.59. The van der Waals surface area contributed by atoms with Crippen molar-refractivity contribution in [2.24, 2.45) is 0 Å². The molecule has 0 bridgehead atoms. The van der Waals surface area contributed by atoms with E-state index in [1.165, 1.54) is 4.88 Å². The van der Waals surface area contributed by atoms with Crippen LogP contribution in [-0.4, -0.2) is 26.4 Å². The summed E-state index contributed by atoms with van der Waals surface area (Å²) in [6.45, 7) is -1.01. The first-order valence-electron chi connectivity index (χ1n) is 5.38. The molecule has 17 heavy (non-hydrogen) atoms. The van der Waals surface area contributed by atoms with E-state index in [-0.39, 0.29) is 12.6 Å². The van der Waals surface area contributed by atoms with Crippen molar-refractivity contribution >= 4 is 11.3 Å². The van der Waals surface area contributed by atoms with Crippen molar-refractivity contribution in [3.05, 3.63) is 22.4 Å². The SMILES string of the molecule is CNC(CCCOCC(F)(F)F)c1cccs1. The second-order valence-electron chi connectivity index (χ2n) is 3.67. The van der Waals surface area contributed by atoms with Gasteiger partial charge in [0.05, 0.1) is 0 Å². The summed E-state index contributed by atoms with van der Waals surface area (Å²) in [5, 5.41) is 5.13. The summed E-state index contributed by atoms with van der Waals surface area (Å²) >= 11 is 1.64. The molecule has 0 radical (unpaired) electrons. The summed E-state index contributed by atoms with van der Waals surface area (Å²) in [7, 11) is 1.85. The molecular formula is C11H16F3NOS. The highest BCUT2D eigenvalue weighted by atomic mass is 32.1. The number of nitrogens with one attached hydrogen (secondary N) is 1. The summed E-state index contributed by atoms with van der Waals surface area (Å²) in [6, 6.07) is 4.18. The minimum absolute atomic E-state index is 0.142. The van der Waals surface area contributed by atoms with Crippen LogP contribution in [0.3, 0.4) is 0 Å². The van der Waals surface area contributed by atoms with Crippen LogP contribution < -0.4 is 5.32 Å². The van der Waals surface area contributed by atoms with Crippen LogP contribution in [-0.2, 0) is 4.74 Å². The topological polar surface area (TPSA) is 21.3 Å². The summed E-state index contributed by atoms with van der Waals surface area (Å²) in [6.07, 6.45) is -2.84. The van der Waals surface area contributed by atoms with E-state index in [0.717, 1.165) is 6.42 Å². The molecule has 0 amide bonds. The molecule has 0 saturated carbocycles. The Bertz CT molecular complexity index is 300. The van der Waals surface area contributed by atoms with Crippen molar-refractivity contribution < 1.29 is 17.9 Å². The van der Waals surface area contributed by atoms with Gasteiger partial charge < -0.3 is 10.1 Å². The van der Waals surface area contributed by atoms with Gasteiger partial charge in [-0.1, -0.05) is 6.07 Å². The lowest BCUT2D eigenvalue weighted by Crippen LogP contribution is -2.19. The Kier molecular flexibility index (Phi) is 5.94. The van der Waals surface area contributed by atoms with E-state index >= 15 is 0 Å². The standard InChI is InChI=1S/C11H16F3NOS/c1-15-9(10-5-3-7-17-10)4-2-6-16-8-11(12,13)14/h3,5,7,9,15H,2,4,6,8H2,1H3. The summed E-state index contributed by atoms with van der Waals surface area (Å²) in [5.41, 5.74) is 0. The van der Waals surface area contributed by atoms with E-state index in [1.54, 1.807) is 11.3 Å². The van der Waals surface area contributed by atoms with Crippen molar-refractivity contribution in [3.63, 3.8) is 0 Å². The number of alkyl halides is 3. The Morgan fingerprint density at radius 2 is 2.24 bits per heavy atom. The van der Waals surface area contributed by atoms with Gasteiger partial charge in [0.2, 0.25) is 0 Å².